The fourth-order valence-corrected chi connectivity index (χ4v) is 5.42. The van der Waals surface area contributed by atoms with E-state index in [4.69, 9.17) is 0 Å². The Morgan fingerprint density at radius 2 is 0.824 bits per heavy atom. The highest BCUT2D eigenvalue weighted by molar-refractivity contribution is 5.85. The molecule has 4 heteroatoms. The van der Waals surface area contributed by atoms with Crippen LogP contribution in [0.25, 0.3) is 0 Å². The zero-order valence-electron chi connectivity index (χ0n) is 23.8. The molecule has 1 fully saturated rings. The molecule has 1 aliphatic heterocycles. The lowest BCUT2D eigenvalue weighted by Crippen LogP contribution is -3.00. The van der Waals surface area contributed by atoms with Gasteiger partial charge >= 0.3 is 0 Å². The maximum absolute atomic E-state index is 2.76. The van der Waals surface area contributed by atoms with Crippen LogP contribution >= 0.6 is 12.4 Å². The molecular weight excluding hydrogens is 459 g/mol. The Balaban J connectivity index is 0. The van der Waals surface area contributed by atoms with Crippen molar-refractivity contribution in [1.82, 2.24) is 4.90 Å². The van der Waals surface area contributed by atoms with Gasteiger partial charge in [0, 0.05) is 13.1 Å². The van der Waals surface area contributed by atoms with Crippen LogP contribution in [0.15, 0.2) is 0 Å². The molecule has 34 heavy (non-hydrogen) atoms. The SMILES string of the molecule is CCCCCCCCCCCCCCN1CC[N+](C)(CCCCCCCCCCC)CC1.Cl.[Cl-]. The first-order valence-electron chi connectivity index (χ1n) is 15.3. The largest absolute Gasteiger partial charge is 1.00 e. The van der Waals surface area contributed by atoms with E-state index >= 15 is 0 Å². The zero-order chi connectivity index (χ0) is 23.2. The van der Waals surface area contributed by atoms with Gasteiger partial charge in [-0.25, -0.2) is 0 Å². The van der Waals surface area contributed by atoms with Gasteiger partial charge in [0.05, 0.1) is 26.7 Å². The summed E-state index contributed by atoms with van der Waals surface area (Å²) in [7, 11) is 2.52. The van der Waals surface area contributed by atoms with Crippen molar-refractivity contribution >= 4 is 12.4 Å². The van der Waals surface area contributed by atoms with Gasteiger partial charge in [-0.05, 0) is 25.8 Å². The van der Waals surface area contributed by atoms with Crippen LogP contribution in [-0.4, -0.2) is 55.7 Å². The minimum Gasteiger partial charge on any atom is -1.00 e. The lowest BCUT2D eigenvalue weighted by molar-refractivity contribution is -0.913. The maximum atomic E-state index is 2.76. The summed E-state index contributed by atoms with van der Waals surface area (Å²) in [4.78, 5) is 2.76. The fraction of sp³-hybridized carbons (Fsp3) is 1.00. The summed E-state index contributed by atoms with van der Waals surface area (Å²) in [5, 5.41) is 0. The zero-order valence-corrected chi connectivity index (χ0v) is 25.3. The molecular formula is C30H64Cl2N2. The van der Waals surface area contributed by atoms with Crippen molar-refractivity contribution < 1.29 is 16.9 Å². The molecule has 1 rings (SSSR count). The number of halogens is 2. The predicted molar refractivity (Wildman–Crippen MR) is 153 cm³/mol. The average molecular weight is 524 g/mol. The molecule has 0 atom stereocenters. The normalized spacial score (nSPS) is 15.6. The second-order valence-electron chi connectivity index (χ2n) is 11.3. The summed E-state index contributed by atoms with van der Waals surface area (Å²) in [6, 6.07) is 0. The fourth-order valence-electron chi connectivity index (χ4n) is 5.42. The number of nitrogens with zero attached hydrogens (tertiary/aromatic N) is 2. The van der Waals surface area contributed by atoms with Crippen molar-refractivity contribution in [3.05, 3.63) is 0 Å². The van der Waals surface area contributed by atoms with Crippen LogP contribution in [-0.2, 0) is 0 Å². The second kappa shape index (κ2) is 26.6. The van der Waals surface area contributed by atoms with E-state index in [0.717, 1.165) is 0 Å². The number of hydrogen-bond acceptors (Lipinski definition) is 1. The van der Waals surface area contributed by atoms with E-state index in [-0.39, 0.29) is 24.8 Å². The third-order valence-corrected chi connectivity index (χ3v) is 8.04. The molecule has 0 N–H and O–H groups in total. The van der Waals surface area contributed by atoms with Crippen LogP contribution in [0.3, 0.4) is 0 Å². The first-order chi connectivity index (χ1) is 15.7. The minimum absolute atomic E-state index is 0. The van der Waals surface area contributed by atoms with Crippen molar-refractivity contribution in [3.8, 4) is 0 Å². The highest BCUT2D eigenvalue weighted by Gasteiger charge is 2.27. The molecule has 1 saturated heterocycles. The third kappa shape index (κ3) is 21.8. The van der Waals surface area contributed by atoms with Crippen molar-refractivity contribution in [2.45, 2.75) is 149 Å². The summed E-state index contributed by atoms with van der Waals surface area (Å²) in [5.74, 6) is 0. The van der Waals surface area contributed by atoms with Gasteiger partial charge in [-0.3, -0.25) is 4.90 Å². The average Bonchev–Trinajstić information content (AvgIpc) is 2.80. The Hall–Kier alpha value is 0.500. The highest BCUT2D eigenvalue weighted by Crippen LogP contribution is 2.16. The lowest BCUT2D eigenvalue weighted by atomic mass is 10.1. The first-order valence-corrected chi connectivity index (χ1v) is 15.3. The van der Waals surface area contributed by atoms with E-state index in [0.29, 0.717) is 0 Å². The van der Waals surface area contributed by atoms with E-state index < -0.39 is 0 Å². The molecule has 0 aliphatic carbocycles. The molecule has 0 unspecified atom stereocenters. The lowest BCUT2D eigenvalue weighted by Gasteiger charge is -2.42. The van der Waals surface area contributed by atoms with E-state index in [9.17, 15) is 0 Å². The van der Waals surface area contributed by atoms with Gasteiger partial charge in [0.2, 0.25) is 0 Å². The van der Waals surface area contributed by atoms with Crippen LogP contribution in [0.1, 0.15) is 149 Å². The Kier molecular flexibility index (Phi) is 28.6. The topological polar surface area (TPSA) is 3.24 Å². The Labute approximate surface area is 228 Å². The van der Waals surface area contributed by atoms with Gasteiger partial charge in [0.25, 0.3) is 0 Å². The minimum atomic E-state index is 0. The first kappa shape index (κ1) is 36.7. The van der Waals surface area contributed by atoms with Crippen LogP contribution in [0.2, 0.25) is 0 Å². The second-order valence-corrected chi connectivity index (χ2v) is 11.3. The summed E-state index contributed by atoms with van der Waals surface area (Å²) < 4.78 is 1.34. The molecule has 0 aromatic rings. The summed E-state index contributed by atoms with van der Waals surface area (Å²) >= 11 is 0. The van der Waals surface area contributed by atoms with Crippen LogP contribution in [0.5, 0.6) is 0 Å². The third-order valence-electron chi connectivity index (χ3n) is 8.04. The van der Waals surface area contributed by atoms with Gasteiger partial charge in [-0.1, -0.05) is 129 Å². The molecule has 0 aromatic heterocycles. The Morgan fingerprint density at radius 3 is 1.21 bits per heavy atom. The van der Waals surface area contributed by atoms with Crippen molar-refractivity contribution in [1.29, 1.82) is 0 Å². The monoisotopic (exact) mass is 522 g/mol. The molecule has 208 valence electrons. The molecule has 0 aromatic carbocycles. The van der Waals surface area contributed by atoms with E-state index in [1.807, 2.05) is 0 Å². The molecule has 2 nitrogen and oxygen atoms in total. The Morgan fingerprint density at radius 1 is 0.500 bits per heavy atom. The quantitative estimate of drug-likeness (QED) is 0.111. The summed E-state index contributed by atoms with van der Waals surface area (Å²) in [6.07, 6.45) is 30.5. The number of quaternary nitrogens is 1. The van der Waals surface area contributed by atoms with Crippen LogP contribution < -0.4 is 12.4 Å². The standard InChI is InChI=1S/C30H63N2.2ClH/c1-4-6-8-10-12-14-15-16-17-19-21-23-25-31-26-29-32(3,30-27-31)28-24-22-20-18-13-11-9-7-5-2;;/h4-30H2,1-3H3;2*1H/q+1;;/p-1. The van der Waals surface area contributed by atoms with Crippen molar-refractivity contribution in [2.75, 3.05) is 46.3 Å². The molecule has 0 radical (unpaired) electrons. The maximum Gasteiger partial charge on any atom is 0.0914 e. The summed E-state index contributed by atoms with van der Waals surface area (Å²) in [5.41, 5.74) is 0. The number of unbranched alkanes of at least 4 members (excludes halogenated alkanes) is 19. The number of rotatable bonds is 23. The molecule has 1 aliphatic rings. The van der Waals surface area contributed by atoms with E-state index in [1.165, 1.54) is 179 Å². The van der Waals surface area contributed by atoms with E-state index in [1.54, 1.807) is 0 Å². The van der Waals surface area contributed by atoms with Crippen molar-refractivity contribution in [2.24, 2.45) is 0 Å². The predicted octanol–water partition coefficient (Wildman–Crippen LogP) is 6.41. The van der Waals surface area contributed by atoms with E-state index in [2.05, 4.69) is 25.8 Å². The molecule has 0 amide bonds. The van der Waals surface area contributed by atoms with Crippen LogP contribution in [0, 0.1) is 0 Å². The van der Waals surface area contributed by atoms with Crippen LogP contribution in [0.4, 0.5) is 0 Å². The van der Waals surface area contributed by atoms with Gasteiger partial charge in [-0.15, -0.1) is 12.4 Å². The van der Waals surface area contributed by atoms with Gasteiger partial charge < -0.3 is 16.9 Å². The summed E-state index contributed by atoms with van der Waals surface area (Å²) in [6.45, 7) is 12.8. The van der Waals surface area contributed by atoms with Crippen molar-refractivity contribution in [3.63, 3.8) is 0 Å². The molecule has 1 heterocycles. The Bertz CT molecular complexity index is 384. The molecule has 0 bridgehead atoms. The highest BCUT2D eigenvalue weighted by atomic mass is 35.5. The molecule has 0 spiro atoms. The van der Waals surface area contributed by atoms with Gasteiger partial charge in [-0.2, -0.15) is 0 Å². The number of hydrogen-bond donors (Lipinski definition) is 0. The van der Waals surface area contributed by atoms with Gasteiger partial charge in [0.15, 0.2) is 0 Å². The number of likely N-dealkylation sites (N-methyl/N-ethyl adjacent to an activating group) is 1. The number of piperazine rings is 1. The molecule has 0 saturated carbocycles. The van der Waals surface area contributed by atoms with Gasteiger partial charge in [0.1, 0.15) is 0 Å². The smallest absolute Gasteiger partial charge is 0.0914 e.